The van der Waals surface area contributed by atoms with Crippen molar-refractivity contribution in [2.75, 3.05) is 13.1 Å². The number of carbonyl (C=O) groups excluding carboxylic acids is 1. The Morgan fingerprint density at radius 1 is 1.15 bits per heavy atom. The van der Waals surface area contributed by atoms with Gasteiger partial charge in [0.1, 0.15) is 10.7 Å². The van der Waals surface area contributed by atoms with Gasteiger partial charge in [-0.15, -0.1) is 4.40 Å². The minimum Gasteiger partial charge on any atom is -0.355 e. The third kappa shape index (κ3) is 4.09. The van der Waals surface area contributed by atoms with Crippen molar-refractivity contribution in [1.82, 2.24) is 20.2 Å². The third-order valence-electron chi connectivity index (χ3n) is 6.99. The van der Waals surface area contributed by atoms with Gasteiger partial charge in [0.15, 0.2) is 5.84 Å². The van der Waals surface area contributed by atoms with Gasteiger partial charge in [-0.3, -0.25) is 4.79 Å². The molecular formula is C25H29N5O3S. The molecule has 2 aromatic carbocycles. The Kier molecular flexibility index (Phi) is 5.89. The number of benzene rings is 2. The van der Waals surface area contributed by atoms with Crippen molar-refractivity contribution in [2.45, 2.75) is 44.0 Å². The molecule has 1 saturated heterocycles. The lowest BCUT2D eigenvalue weighted by atomic mass is 9.93. The molecule has 9 heteroatoms. The largest absolute Gasteiger partial charge is 0.355 e. The monoisotopic (exact) mass is 479 g/mol. The fourth-order valence-corrected chi connectivity index (χ4v) is 6.00. The van der Waals surface area contributed by atoms with E-state index in [1.54, 1.807) is 18.2 Å². The van der Waals surface area contributed by atoms with Crippen LogP contribution in [0.1, 0.15) is 50.5 Å². The lowest BCUT2D eigenvalue weighted by molar-refractivity contribution is -0.127. The molecule has 3 aromatic rings. The molecule has 2 N–H and O–H groups in total. The molecule has 8 nitrogen and oxygen atoms in total. The van der Waals surface area contributed by atoms with Gasteiger partial charge in [-0.1, -0.05) is 44.5 Å². The van der Waals surface area contributed by atoms with Crippen molar-refractivity contribution in [1.29, 1.82) is 0 Å². The first-order chi connectivity index (χ1) is 16.4. The molecule has 0 radical (unpaired) electrons. The number of carbonyl (C=O) groups is 1. The molecule has 0 bridgehead atoms. The maximum absolute atomic E-state index is 13.2. The van der Waals surface area contributed by atoms with Crippen molar-refractivity contribution < 1.29 is 13.2 Å². The highest BCUT2D eigenvalue weighted by Crippen LogP contribution is 2.31. The lowest BCUT2D eigenvalue weighted by Crippen LogP contribution is -2.44. The molecular weight excluding hydrogens is 450 g/mol. The number of imidazole rings is 1. The number of amides is 1. The van der Waals surface area contributed by atoms with Gasteiger partial charge in [0, 0.05) is 24.6 Å². The highest BCUT2D eigenvalue weighted by atomic mass is 32.2. The van der Waals surface area contributed by atoms with E-state index in [0.717, 1.165) is 23.3 Å². The van der Waals surface area contributed by atoms with Gasteiger partial charge in [-0.2, -0.15) is 8.42 Å². The van der Waals surface area contributed by atoms with E-state index < -0.39 is 10.0 Å². The standard InChI is InChI=1S/C25H29N5O3S/c1-3-16(2)22(23-26-19-9-5-6-10-20(19)27-23)28-25(31)17-12-14-30(15-13-17)24-18-8-4-7-11-21(18)34(32,33)29-24/h4-11,16-17,22H,3,12-15H2,1-2H3,(H,26,27)(H,28,31). The number of nitrogens with zero attached hydrogens (tertiary/aromatic N) is 3. The Labute approximate surface area is 199 Å². The first-order valence-electron chi connectivity index (χ1n) is 11.8. The highest BCUT2D eigenvalue weighted by Gasteiger charge is 2.35. The number of rotatable bonds is 5. The molecule has 0 saturated carbocycles. The topological polar surface area (TPSA) is 108 Å². The first-order valence-corrected chi connectivity index (χ1v) is 13.3. The summed E-state index contributed by atoms with van der Waals surface area (Å²) in [6, 6.07) is 14.6. The van der Waals surface area contributed by atoms with Crippen molar-refractivity contribution in [2.24, 2.45) is 16.2 Å². The minimum atomic E-state index is -3.65. The van der Waals surface area contributed by atoms with E-state index in [4.69, 9.17) is 4.98 Å². The van der Waals surface area contributed by atoms with Gasteiger partial charge in [0.2, 0.25) is 5.91 Å². The normalized spacial score (nSPS) is 19.5. The summed E-state index contributed by atoms with van der Waals surface area (Å²) in [5.74, 6) is 1.38. The van der Waals surface area contributed by atoms with E-state index in [0.29, 0.717) is 37.3 Å². The molecule has 2 aliphatic heterocycles. The molecule has 178 valence electrons. The number of likely N-dealkylation sites (tertiary alicyclic amines) is 1. The lowest BCUT2D eigenvalue weighted by Gasteiger charge is -2.33. The molecule has 1 aromatic heterocycles. The number of sulfonamides is 1. The summed E-state index contributed by atoms with van der Waals surface area (Å²) in [5, 5.41) is 3.25. The Morgan fingerprint density at radius 3 is 2.59 bits per heavy atom. The second-order valence-electron chi connectivity index (χ2n) is 9.16. The van der Waals surface area contributed by atoms with Crippen LogP contribution in [0, 0.1) is 11.8 Å². The van der Waals surface area contributed by atoms with Crippen molar-refractivity contribution in [3.63, 3.8) is 0 Å². The zero-order valence-electron chi connectivity index (χ0n) is 19.4. The molecule has 0 spiro atoms. The van der Waals surface area contributed by atoms with Crippen molar-refractivity contribution in [3.8, 4) is 0 Å². The quantitative estimate of drug-likeness (QED) is 0.581. The van der Waals surface area contributed by atoms with Crippen LogP contribution in [0.4, 0.5) is 0 Å². The van der Waals surface area contributed by atoms with Crippen LogP contribution >= 0.6 is 0 Å². The summed E-state index contributed by atoms with van der Waals surface area (Å²) in [6.07, 6.45) is 2.19. The molecule has 34 heavy (non-hydrogen) atoms. The van der Waals surface area contributed by atoms with Gasteiger partial charge in [0.25, 0.3) is 10.0 Å². The van der Waals surface area contributed by atoms with Crippen LogP contribution in [0.3, 0.4) is 0 Å². The number of aromatic amines is 1. The molecule has 3 heterocycles. The van der Waals surface area contributed by atoms with Gasteiger partial charge >= 0.3 is 0 Å². The van der Waals surface area contributed by atoms with Crippen LogP contribution in [0.2, 0.25) is 0 Å². The third-order valence-corrected chi connectivity index (χ3v) is 8.32. The Balaban J connectivity index is 1.28. The number of nitrogens with one attached hydrogen (secondary N) is 2. The Morgan fingerprint density at radius 2 is 1.85 bits per heavy atom. The summed E-state index contributed by atoms with van der Waals surface area (Å²) < 4.78 is 28.8. The number of para-hydroxylation sites is 2. The van der Waals surface area contributed by atoms with E-state index >= 15 is 0 Å². The number of aromatic nitrogens is 2. The van der Waals surface area contributed by atoms with Crippen LogP contribution in [0.25, 0.3) is 11.0 Å². The fraction of sp³-hybridized carbons (Fsp3) is 0.400. The molecule has 5 rings (SSSR count). The van der Waals surface area contributed by atoms with E-state index in [-0.39, 0.29) is 28.7 Å². The van der Waals surface area contributed by atoms with Gasteiger partial charge < -0.3 is 15.2 Å². The number of hydrogen-bond acceptors (Lipinski definition) is 5. The summed E-state index contributed by atoms with van der Waals surface area (Å²) in [7, 11) is -3.65. The molecule has 0 aliphatic carbocycles. The zero-order chi connectivity index (χ0) is 23.9. The van der Waals surface area contributed by atoms with Gasteiger partial charge in [-0.05, 0) is 43.0 Å². The van der Waals surface area contributed by atoms with Gasteiger partial charge in [0.05, 0.1) is 17.1 Å². The average Bonchev–Trinajstić information content (AvgIpc) is 3.40. The van der Waals surface area contributed by atoms with E-state index in [1.165, 1.54) is 0 Å². The van der Waals surface area contributed by atoms with Crippen molar-refractivity contribution in [3.05, 3.63) is 59.9 Å². The fourth-order valence-electron chi connectivity index (χ4n) is 4.78. The second-order valence-corrected chi connectivity index (χ2v) is 10.7. The Bertz CT molecular complexity index is 1320. The number of hydrogen-bond donors (Lipinski definition) is 2. The minimum absolute atomic E-state index is 0.0202. The molecule has 2 atom stereocenters. The van der Waals surface area contributed by atoms with Crippen LogP contribution < -0.4 is 5.32 Å². The average molecular weight is 480 g/mol. The van der Waals surface area contributed by atoms with E-state index in [9.17, 15) is 13.2 Å². The smallest absolute Gasteiger partial charge is 0.285 e. The predicted octanol–water partition coefficient (Wildman–Crippen LogP) is 3.63. The highest BCUT2D eigenvalue weighted by molar-refractivity contribution is 7.90. The van der Waals surface area contributed by atoms with Crippen LogP contribution in [-0.2, 0) is 14.8 Å². The summed E-state index contributed by atoms with van der Waals surface area (Å²) >= 11 is 0. The summed E-state index contributed by atoms with van der Waals surface area (Å²) in [5.41, 5.74) is 2.49. The SMILES string of the molecule is CCC(C)C(NC(=O)C1CCN(C2=NS(=O)(=O)c3ccccc32)CC1)c1nc2ccccc2[nH]1. The van der Waals surface area contributed by atoms with Crippen LogP contribution in [-0.4, -0.2) is 48.1 Å². The predicted molar refractivity (Wildman–Crippen MR) is 131 cm³/mol. The number of H-pyrrole nitrogens is 1. The number of amidine groups is 1. The number of fused-ring (bicyclic) bond motifs is 2. The second kappa shape index (κ2) is 8.87. The van der Waals surface area contributed by atoms with Crippen molar-refractivity contribution >= 4 is 32.8 Å². The maximum atomic E-state index is 13.2. The maximum Gasteiger partial charge on any atom is 0.285 e. The Hall–Kier alpha value is -3.20. The number of piperidine rings is 1. The molecule has 1 fully saturated rings. The first kappa shape index (κ1) is 22.6. The molecule has 2 aliphatic rings. The van der Waals surface area contributed by atoms with E-state index in [1.807, 2.05) is 35.2 Å². The zero-order valence-corrected chi connectivity index (χ0v) is 20.2. The van der Waals surface area contributed by atoms with Gasteiger partial charge in [-0.25, -0.2) is 4.98 Å². The van der Waals surface area contributed by atoms with E-state index in [2.05, 4.69) is 28.5 Å². The van der Waals surface area contributed by atoms with Crippen LogP contribution in [0.5, 0.6) is 0 Å². The summed E-state index contributed by atoms with van der Waals surface area (Å²) in [4.78, 5) is 23.6. The molecule has 1 amide bonds. The summed E-state index contributed by atoms with van der Waals surface area (Å²) in [6.45, 7) is 5.40. The van der Waals surface area contributed by atoms with Crippen LogP contribution in [0.15, 0.2) is 57.8 Å². The molecule has 2 unspecified atom stereocenters.